The minimum absolute atomic E-state index is 0.431. The fraction of sp³-hybridized carbons (Fsp3) is 0. The van der Waals surface area contributed by atoms with Crippen LogP contribution in [0.1, 0.15) is 0 Å². The van der Waals surface area contributed by atoms with Gasteiger partial charge < -0.3 is 8.83 Å². The van der Waals surface area contributed by atoms with Crippen molar-refractivity contribution in [2.24, 2.45) is 0 Å². The van der Waals surface area contributed by atoms with Crippen LogP contribution in [0.2, 0.25) is 5.02 Å². The fourth-order valence-electron chi connectivity index (χ4n) is 1.47. The quantitative estimate of drug-likeness (QED) is 0.664. The van der Waals surface area contributed by atoms with Gasteiger partial charge in [-0.25, -0.2) is 4.98 Å². The van der Waals surface area contributed by atoms with Crippen molar-refractivity contribution in [3.05, 3.63) is 40.0 Å². The molecule has 0 amide bonds. The summed E-state index contributed by atoms with van der Waals surface area (Å²) in [6.45, 7) is 0. The summed E-state index contributed by atoms with van der Waals surface area (Å²) < 4.78 is 11.6. The molecule has 0 bridgehead atoms. The summed E-state index contributed by atoms with van der Waals surface area (Å²) in [5.74, 6) is 1.02. The van der Waals surface area contributed by atoms with Crippen LogP contribution in [0.3, 0.4) is 0 Å². The Morgan fingerprint density at radius 2 is 2.19 bits per heavy atom. The molecule has 3 rings (SSSR count). The molecule has 3 aromatic rings. The van der Waals surface area contributed by atoms with E-state index < -0.39 is 0 Å². The molecule has 2 aromatic heterocycles. The topological polar surface area (TPSA) is 39.2 Å². The van der Waals surface area contributed by atoms with Crippen LogP contribution in [0.5, 0.6) is 0 Å². The predicted octanol–water partition coefficient (Wildman–Crippen LogP) is 4.50. The van der Waals surface area contributed by atoms with Gasteiger partial charge in [-0.3, -0.25) is 0 Å². The van der Waals surface area contributed by atoms with E-state index in [1.54, 1.807) is 24.5 Å². The van der Waals surface area contributed by atoms with E-state index in [9.17, 15) is 0 Å². The van der Waals surface area contributed by atoms with Gasteiger partial charge in [0.2, 0.25) is 0 Å². The first kappa shape index (κ1) is 9.93. The Morgan fingerprint density at radius 3 is 2.94 bits per heavy atom. The van der Waals surface area contributed by atoms with E-state index in [0.29, 0.717) is 27.8 Å². The van der Waals surface area contributed by atoms with Gasteiger partial charge in [0.05, 0.1) is 11.3 Å². The Balaban J connectivity index is 2.27. The first-order valence-electron chi connectivity index (χ1n) is 4.53. The number of hydrogen-bond donors (Lipinski definition) is 0. The second kappa shape index (κ2) is 3.64. The minimum atomic E-state index is 0.431. The average Bonchev–Trinajstić information content (AvgIpc) is 2.82. The molecular formula is C11H5BrClNO2. The fourth-order valence-corrected chi connectivity index (χ4v) is 2.30. The van der Waals surface area contributed by atoms with E-state index >= 15 is 0 Å². The van der Waals surface area contributed by atoms with Crippen LogP contribution in [0.15, 0.2) is 43.8 Å². The molecule has 0 aliphatic carbocycles. The Morgan fingerprint density at radius 1 is 1.31 bits per heavy atom. The maximum atomic E-state index is 6.04. The lowest BCUT2D eigenvalue weighted by Crippen LogP contribution is -1.72. The second-order valence-electron chi connectivity index (χ2n) is 3.23. The molecule has 0 saturated heterocycles. The normalized spacial score (nSPS) is 11.1. The highest BCUT2D eigenvalue weighted by Gasteiger charge is 2.13. The van der Waals surface area contributed by atoms with Crippen LogP contribution in [-0.4, -0.2) is 4.98 Å². The highest BCUT2D eigenvalue weighted by molar-refractivity contribution is 9.10. The molecule has 0 aliphatic rings. The van der Waals surface area contributed by atoms with Gasteiger partial charge in [-0.15, -0.1) is 0 Å². The molecule has 0 spiro atoms. The monoisotopic (exact) mass is 297 g/mol. The summed E-state index contributed by atoms with van der Waals surface area (Å²) in [4.78, 5) is 4.30. The average molecular weight is 299 g/mol. The minimum Gasteiger partial charge on any atom is -0.459 e. The molecular weight excluding hydrogens is 293 g/mol. The van der Waals surface area contributed by atoms with E-state index in [1.165, 1.54) is 0 Å². The van der Waals surface area contributed by atoms with Crippen molar-refractivity contribution in [1.29, 1.82) is 0 Å². The van der Waals surface area contributed by atoms with Crippen LogP contribution in [-0.2, 0) is 0 Å². The van der Waals surface area contributed by atoms with Crippen molar-refractivity contribution >= 4 is 38.6 Å². The SMILES string of the molecule is Clc1cc(Br)cc2nc(-c3ccco3)oc12. The summed E-state index contributed by atoms with van der Waals surface area (Å²) in [5.41, 5.74) is 1.27. The number of hydrogen-bond acceptors (Lipinski definition) is 3. The van der Waals surface area contributed by atoms with Crippen molar-refractivity contribution in [1.82, 2.24) is 4.98 Å². The van der Waals surface area contributed by atoms with Crippen LogP contribution in [0.4, 0.5) is 0 Å². The van der Waals surface area contributed by atoms with Crippen molar-refractivity contribution in [2.75, 3.05) is 0 Å². The van der Waals surface area contributed by atoms with Gasteiger partial charge in [-0.1, -0.05) is 27.5 Å². The lowest BCUT2D eigenvalue weighted by atomic mass is 10.3. The van der Waals surface area contributed by atoms with Crippen LogP contribution < -0.4 is 0 Å². The molecule has 16 heavy (non-hydrogen) atoms. The van der Waals surface area contributed by atoms with Crippen molar-refractivity contribution in [2.45, 2.75) is 0 Å². The zero-order chi connectivity index (χ0) is 11.1. The summed E-state index contributed by atoms with van der Waals surface area (Å²) in [5, 5.41) is 0.523. The maximum Gasteiger partial charge on any atom is 0.263 e. The van der Waals surface area contributed by atoms with Crippen LogP contribution >= 0.6 is 27.5 Å². The van der Waals surface area contributed by atoms with Crippen molar-refractivity contribution in [3.63, 3.8) is 0 Å². The molecule has 0 N–H and O–H groups in total. The molecule has 0 atom stereocenters. The number of halogens is 2. The number of oxazole rings is 1. The molecule has 0 saturated carbocycles. The summed E-state index contributed by atoms with van der Waals surface area (Å²) in [7, 11) is 0. The zero-order valence-corrected chi connectivity index (χ0v) is 10.2. The number of fused-ring (bicyclic) bond motifs is 1. The van der Waals surface area contributed by atoms with E-state index in [0.717, 1.165) is 4.47 Å². The maximum absolute atomic E-state index is 6.04. The Bertz CT molecular complexity index is 645. The summed E-state index contributed by atoms with van der Waals surface area (Å²) in [6.07, 6.45) is 1.57. The molecule has 2 heterocycles. The lowest BCUT2D eigenvalue weighted by molar-refractivity contribution is 0.535. The van der Waals surface area contributed by atoms with Gasteiger partial charge in [-0.2, -0.15) is 0 Å². The van der Waals surface area contributed by atoms with Gasteiger partial charge in [0.25, 0.3) is 5.89 Å². The lowest BCUT2D eigenvalue weighted by Gasteiger charge is -1.91. The number of nitrogens with zero attached hydrogens (tertiary/aromatic N) is 1. The Labute approximate surface area is 104 Å². The largest absolute Gasteiger partial charge is 0.459 e. The third-order valence-corrected chi connectivity index (χ3v) is 2.88. The third-order valence-electron chi connectivity index (χ3n) is 2.14. The van der Waals surface area contributed by atoms with Gasteiger partial charge >= 0.3 is 0 Å². The van der Waals surface area contributed by atoms with Crippen LogP contribution in [0, 0.1) is 0 Å². The third kappa shape index (κ3) is 1.54. The van der Waals surface area contributed by atoms with Crippen molar-refractivity contribution < 1.29 is 8.83 Å². The predicted molar refractivity (Wildman–Crippen MR) is 64.4 cm³/mol. The van der Waals surface area contributed by atoms with Gasteiger partial charge in [-0.05, 0) is 24.3 Å². The first-order valence-corrected chi connectivity index (χ1v) is 5.70. The van der Waals surface area contributed by atoms with E-state index in [1.807, 2.05) is 6.07 Å². The van der Waals surface area contributed by atoms with E-state index in [-0.39, 0.29) is 0 Å². The van der Waals surface area contributed by atoms with Gasteiger partial charge in [0.1, 0.15) is 5.52 Å². The van der Waals surface area contributed by atoms with E-state index in [2.05, 4.69) is 20.9 Å². The Kier molecular flexibility index (Phi) is 2.26. The molecule has 0 unspecified atom stereocenters. The number of furan rings is 1. The molecule has 80 valence electrons. The van der Waals surface area contributed by atoms with Crippen LogP contribution in [0.25, 0.3) is 22.8 Å². The van der Waals surface area contributed by atoms with Gasteiger partial charge in [0.15, 0.2) is 11.3 Å². The van der Waals surface area contributed by atoms with Gasteiger partial charge in [0, 0.05) is 4.47 Å². The number of aromatic nitrogens is 1. The molecule has 0 fully saturated rings. The summed E-state index contributed by atoms with van der Waals surface area (Å²) >= 11 is 9.39. The highest BCUT2D eigenvalue weighted by atomic mass is 79.9. The van der Waals surface area contributed by atoms with Crippen molar-refractivity contribution in [3.8, 4) is 11.7 Å². The number of rotatable bonds is 1. The smallest absolute Gasteiger partial charge is 0.263 e. The molecule has 3 nitrogen and oxygen atoms in total. The first-order chi connectivity index (χ1) is 7.74. The Hall–Kier alpha value is -1.26. The molecule has 0 aliphatic heterocycles. The zero-order valence-electron chi connectivity index (χ0n) is 7.91. The molecule has 1 aromatic carbocycles. The summed E-state index contributed by atoms with van der Waals surface area (Å²) in [6, 6.07) is 7.17. The highest BCUT2D eigenvalue weighted by Crippen LogP contribution is 2.31. The standard InChI is InChI=1S/C11H5BrClNO2/c12-6-4-7(13)10-8(5-6)14-11(16-10)9-2-1-3-15-9/h1-5H. The molecule has 5 heteroatoms. The second-order valence-corrected chi connectivity index (χ2v) is 4.56. The molecule has 0 radical (unpaired) electrons. The number of benzene rings is 1. The van der Waals surface area contributed by atoms with E-state index in [4.69, 9.17) is 20.4 Å².